The van der Waals surface area contributed by atoms with E-state index in [2.05, 4.69) is 25.2 Å². The van der Waals surface area contributed by atoms with Crippen LogP contribution in [0.1, 0.15) is 30.5 Å². The zero-order chi connectivity index (χ0) is 14.7. The van der Waals surface area contributed by atoms with E-state index in [4.69, 9.17) is 0 Å². The Bertz CT molecular complexity index is 582. The highest BCUT2D eigenvalue weighted by Gasteiger charge is 2.08. The third-order valence-corrected chi connectivity index (χ3v) is 3.28. The molecule has 0 aliphatic rings. The van der Waals surface area contributed by atoms with E-state index < -0.39 is 0 Å². The summed E-state index contributed by atoms with van der Waals surface area (Å²) in [5.74, 6) is -0.164. The van der Waals surface area contributed by atoms with Gasteiger partial charge in [0, 0.05) is 18.2 Å². The van der Waals surface area contributed by atoms with Crippen LogP contribution in [0.5, 0.6) is 0 Å². The lowest BCUT2D eigenvalue weighted by molar-refractivity contribution is 0.586. The van der Waals surface area contributed by atoms with Crippen LogP contribution in [0.2, 0.25) is 0 Å². The average Bonchev–Trinajstić information content (AvgIpc) is 2.36. The molecule has 2 heteroatoms. The van der Waals surface area contributed by atoms with Crippen LogP contribution >= 0.6 is 0 Å². The average molecular weight is 271 g/mol. The van der Waals surface area contributed by atoms with E-state index in [0.29, 0.717) is 11.6 Å². The summed E-state index contributed by atoms with van der Waals surface area (Å²) in [6, 6.07) is 11.9. The van der Waals surface area contributed by atoms with Crippen LogP contribution in [0.25, 0.3) is 11.1 Å². The fourth-order valence-electron chi connectivity index (χ4n) is 2.36. The molecule has 1 N–H and O–H groups in total. The van der Waals surface area contributed by atoms with Crippen molar-refractivity contribution in [2.24, 2.45) is 0 Å². The van der Waals surface area contributed by atoms with Crippen molar-refractivity contribution in [3.05, 3.63) is 58.9 Å². The minimum atomic E-state index is -0.164. The van der Waals surface area contributed by atoms with E-state index in [1.54, 1.807) is 6.07 Å². The van der Waals surface area contributed by atoms with Crippen LogP contribution in [-0.4, -0.2) is 6.04 Å². The molecule has 0 aromatic heterocycles. The molecular formula is C18H22FN. The Kier molecular flexibility index (Phi) is 4.56. The Hall–Kier alpha value is -1.67. The summed E-state index contributed by atoms with van der Waals surface area (Å²) >= 11 is 0. The van der Waals surface area contributed by atoms with Gasteiger partial charge >= 0.3 is 0 Å². The first-order valence-electron chi connectivity index (χ1n) is 7.06. The van der Waals surface area contributed by atoms with Gasteiger partial charge in [0.2, 0.25) is 0 Å². The van der Waals surface area contributed by atoms with Crippen molar-refractivity contribution in [1.82, 2.24) is 5.32 Å². The highest BCUT2D eigenvalue weighted by atomic mass is 19.1. The summed E-state index contributed by atoms with van der Waals surface area (Å²) in [5, 5.41) is 3.36. The van der Waals surface area contributed by atoms with Crippen LogP contribution in [0, 0.1) is 19.7 Å². The van der Waals surface area contributed by atoms with Crippen molar-refractivity contribution < 1.29 is 4.39 Å². The molecule has 0 bridgehead atoms. The van der Waals surface area contributed by atoms with Gasteiger partial charge in [-0.3, -0.25) is 0 Å². The van der Waals surface area contributed by atoms with Crippen LogP contribution in [-0.2, 0) is 6.54 Å². The van der Waals surface area contributed by atoms with E-state index >= 15 is 0 Å². The van der Waals surface area contributed by atoms with Gasteiger partial charge in [-0.1, -0.05) is 49.2 Å². The first kappa shape index (κ1) is 14.7. The molecule has 0 heterocycles. The number of hydrogen-bond donors (Lipinski definition) is 1. The Labute approximate surface area is 120 Å². The predicted molar refractivity (Wildman–Crippen MR) is 83.3 cm³/mol. The second-order valence-corrected chi connectivity index (χ2v) is 5.73. The Morgan fingerprint density at radius 1 is 1.00 bits per heavy atom. The number of benzene rings is 2. The number of nitrogens with one attached hydrogen (secondary N) is 1. The molecule has 0 amide bonds. The van der Waals surface area contributed by atoms with Crippen molar-refractivity contribution in [1.29, 1.82) is 0 Å². The molecule has 2 aromatic rings. The van der Waals surface area contributed by atoms with Crippen molar-refractivity contribution >= 4 is 0 Å². The van der Waals surface area contributed by atoms with Crippen molar-refractivity contribution in [2.45, 2.75) is 40.3 Å². The first-order chi connectivity index (χ1) is 9.45. The van der Waals surface area contributed by atoms with Crippen LogP contribution in [0.15, 0.2) is 36.4 Å². The lowest BCUT2D eigenvalue weighted by atomic mass is 9.98. The predicted octanol–water partition coefficient (Wildman–Crippen LogP) is 4.61. The molecule has 0 saturated carbocycles. The molecule has 0 radical (unpaired) electrons. The van der Waals surface area contributed by atoms with Crippen molar-refractivity contribution in [3.63, 3.8) is 0 Å². The second-order valence-electron chi connectivity index (χ2n) is 5.73. The second kappa shape index (κ2) is 6.19. The van der Waals surface area contributed by atoms with Crippen LogP contribution in [0.4, 0.5) is 4.39 Å². The molecule has 0 aliphatic heterocycles. The zero-order valence-corrected chi connectivity index (χ0v) is 12.6. The maximum absolute atomic E-state index is 14.1. The maximum atomic E-state index is 14.1. The Balaban J connectivity index is 2.37. The third-order valence-electron chi connectivity index (χ3n) is 3.28. The van der Waals surface area contributed by atoms with E-state index in [-0.39, 0.29) is 5.82 Å². The van der Waals surface area contributed by atoms with Gasteiger partial charge in [0.1, 0.15) is 5.82 Å². The molecule has 0 saturated heterocycles. The Morgan fingerprint density at radius 2 is 1.65 bits per heavy atom. The SMILES string of the molecule is Cc1cc(C)cc(-c2cc(CNC(C)C)ccc2F)c1. The quantitative estimate of drug-likeness (QED) is 0.856. The topological polar surface area (TPSA) is 12.0 Å². The van der Waals surface area contributed by atoms with Crippen LogP contribution < -0.4 is 5.32 Å². The minimum absolute atomic E-state index is 0.164. The molecule has 0 aliphatic carbocycles. The van der Waals surface area contributed by atoms with Gasteiger partial charge in [-0.2, -0.15) is 0 Å². The normalized spacial score (nSPS) is 11.1. The zero-order valence-electron chi connectivity index (χ0n) is 12.6. The standard InChI is InChI=1S/C18H22FN/c1-12(2)20-11-15-5-6-18(19)17(10-15)16-8-13(3)7-14(4)9-16/h5-10,12,20H,11H2,1-4H3. The van der Waals surface area contributed by atoms with Gasteiger partial charge in [-0.25, -0.2) is 4.39 Å². The molecule has 1 nitrogen and oxygen atoms in total. The monoisotopic (exact) mass is 271 g/mol. The largest absolute Gasteiger partial charge is 0.310 e. The number of aryl methyl sites for hydroxylation is 2. The molecule has 0 atom stereocenters. The van der Waals surface area contributed by atoms with E-state index in [0.717, 1.165) is 28.8 Å². The van der Waals surface area contributed by atoms with Gasteiger partial charge in [-0.05, 0) is 37.1 Å². The summed E-state index contributed by atoms with van der Waals surface area (Å²) in [6.45, 7) is 9.05. The van der Waals surface area contributed by atoms with E-state index in [1.807, 2.05) is 38.1 Å². The molecule has 2 aromatic carbocycles. The molecule has 0 spiro atoms. The van der Waals surface area contributed by atoms with Gasteiger partial charge in [0.15, 0.2) is 0 Å². The summed E-state index contributed by atoms with van der Waals surface area (Å²) in [4.78, 5) is 0. The number of hydrogen-bond acceptors (Lipinski definition) is 1. The minimum Gasteiger partial charge on any atom is -0.310 e. The Morgan fingerprint density at radius 3 is 2.25 bits per heavy atom. The third kappa shape index (κ3) is 3.67. The van der Waals surface area contributed by atoms with Crippen LogP contribution in [0.3, 0.4) is 0 Å². The van der Waals surface area contributed by atoms with Crippen molar-refractivity contribution in [3.8, 4) is 11.1 Å². The summed E-state index contributed by atoms with van der Waals surface area (Å²) in [6.07, 6.45) is 0. The number of rotatable bonds is 4. The van der Waals surface area contributed by atoms with Gasteiger partial charge in [0.25, 0.3) is 0 Å². The lowest BCUT2D eigenvalue weighted by Crippen LogP contribution is -2.21. The molecule has 2 rings (SSSR count). The van der Waals surface area contributed by atoms with Gasteiger partial charge in [0.05, 0.1) is 0 Å². The highest BCUT2D eigenvalue weighted by molar-refractivity contribution is 5.66. The fraction of sp³-hybridized carbons (Fsp3) is 0.333. The molecular weight excluding hydrogens is 249 g/mol. The summed E-state index contributed by atoms with van der Waals surface area (Å²) in [7, 11) is 0. The van der Waals surface area contributed by atoms with Gasteiger partial charge in [-0.15, -0.1) is 0 Å². The first-order valence-corrected chi connectivity index (χ1v) is 7.06. The maximum Gasteiger partial charge on any atom is 0.131 e. The molecule has 0 unspecified atom stereocenters. The lowest BCUT2D eigenvalue weighted by Gasteiger charge is -2.11. The molecule has 20 heavy (non-hydrogen) atoms. The number of halogens is 1. The van der Waals surface area contributed by atoms with Crippen molar-refractivity contribution in [2.75, 3.05) is 0 Å². The molecule has 106 valence electrons. The summed E-state index contributed by atoms with van der Waals surface area (Å²) < 4.78 is 14.1. The van der Waals surface area contributed by atoms with E-state index in [1.165, 1.54) is 0 Å². The van der Waals surface area contributed by atoms with Gasteiger partial charge < -0.3 is 5.32 Å². The molecule has 0 fully saturated rings. The van der Waals surface area contributed by atoms with E-state index in [9.17, 15) is 4.39 Å². The summed E-state index contributed by atoms with van der Waals surface area (Å²) in [5.41, 5.74) is 5.05. The smallest absolute Gasteiger partial charge is 0.131 e. The highest BCUT2D eigenvalue weighted by Crippen LogP contribution is 2.26. The fourth-order valence-corrected chi connectivity index (χ4v) is 2.36.